The number of nitrogens with zero attached hydrogens (tertiary/aromatic N) is 3. The van der Waals surface area contributed by atoms with Crippen LogP contribution in [0.15, 0.2) is 48.7 Å². The highest BCUT2D eigenvalue weighted by Crippen LogP contribution is 2.12. The fourth-order valence-corrected chi connectivity index (χ4v) is 3.14. The number of aryl methyl sites for hydroxylation is 1. The Kier molecular flexibility index (Phi) is 5.63. The number of carbonyl (C=O) groups excluding carboxylic acids is 2. The number of carbonyl (C=O) groups is 2. The number of hydrogen-bond acceptors (Lipinski definition) is 4. The van der Waals surface area contributed by atoms with E-state index in [0.717, 1.165) is 17.7 Å². The lowest BCUT2D eigenvalue weighted by molar-refractivity contribution is -0.131. The van der Waals surface area contributed by atoms with Crippen LogP contribution in [0, 0.1) is 6.92 Å². The maximum Gasteiger partial charge on any atom is 0.254 e. The molecule has 26 heavy (non-hydrogen) atoms. The minimum atomic E-state index is -0.760. The molecule has 1 aliphatic heterocycles. The van der Waals surface area contributed by atoms with Crippen molar-refractivity contribution >= 4 is 11.8 Å². The fraction of sp³-hybridized carbons (Fsp3) is 0.350. The summed E-state index contributed by atoms with van der Waals surface area (Å²) < 4.78 is 0. The number of pyridine rings is 1. The molecule has 0 spiro atoms. The summed E-state index contributed by atoms with van der Waals surface area (Å²) in [7, 11) is 0. The molecule has 2 heterocycles. The van der Waals surface area contributed by atoms with Crippen LogP contribution in [0.25, 0.3) is 0 Å². The van der Waals surface area contributed by atoms with Crippen molar-refractivity contribution in [3.8, 4) is 0 Å². The Morgan fingerprint density at radius 3 is 2.73 bits per heavy atom. The van der Waals surface area contributed by atoms with Crippen LogP contribution in [-0.2, 0) is 11.2 Å². The predicted octanol–water partition coefficient (Wildman–Crippen LogP) is 1.28. The standard InChI is InChI=1S/C20H23N3O3/c1-15-11-17(7-9-21-15)20(26)23-13-18(24)12-22(19(25)14-23)10-8-16-5-3-2-4-6-16/h2-7,9,11,18,24H,8,10,12-14H2,1H3. The van der Waals surface area contributed by atoms with Crippen LogP contribution in [0.2, 0.25) is 0 Å². The van der Waals surface area contributed by atoms with Gasteiger partial charge in [0.05, 0.1) is 6.10 Å². The van der Waals surface area contributed by atoms with Gasteiger partial charge < -0.3 is 14.9 Å². The summed E-state index contributed by atoms with van der Waals surface area (Å²) in [5, 5.41) is 10.3. The van der Waals surface area contributed by atoms with Gasteiger partial charge in [-0.15, -0.1) is 0 Å². The molecule has 0 saturated carbocycles. The van der Waals surface area contributed by atoms with Crippen molar-refractivity contribution < 1.29 is 14.7 Å². The van der Waals surface area contributed by atoms with Crippen LogP contribution < -0.4 is 0 Å². The molecule has 1 N–H and O–H groups in total. The molecule has 1 saturated heterocycles. The quantitative estimate of drug-likeness (QED) is 0.899. The monoisotopic (exact) mass is 353 g/mol. The molecule has 6 heteroatoms. The lowest BCUT2D eigenvalue weighted by Gasteiger charge is -2.22. The van der Waals surface area contributed by atoms with E-state index in [1.807, 2.05) is 37.3 Å². The molecule has 0 radical (unpaired) electrons. The lowest BCUT2D eigenvalue weighted by atomic mass is 10.1. The van der Waals surface area contributed by atoms with Gasteiger partial charge in [0.25, 0.3) is 5.91 Å². The SMILES string of the molecule is Cc1cc(C(=O)N2CC(=O)N(CCc3ccccc3)CC(O)C2)ccn1. The molecule has 6 nitrogen and oxygen atoms in total. The molecule has 0 bridgehead atoms. The maximum absolute atomic E-state index is 12.7. The summed E-state index contributed by atoms with van der Waals surface area (Å²) in [5.74, 6) is -0.399. The first kappa shape index (κ1) is 18.1. The number of amides is 2. The number of rotatable bonds is 4. The molecular formula is C20H23N3O3. The molecule has 2 amide bonds. The van der Waals surface area contributed by atoms with Crippen molar-refractivity contribution in [2.75, 3.05) is 26.2 Å². The minimum absolute atomic E-state index is 0.0218. The van der Waals surface area contributed by atoms with Gasteiger partial charge in [-0.3, -0.25) is 14.6 Å². The zero-order valence-corrected chi connectivity index (χ0v) is 14.8. The van der Waals surface area contributed by atoms with Gasteiger partial charge in [-0.25, -0.2) is 0 Å². The average Bonchev–Trinajstić information content (AvgIpc) is 2.78. The largest absolute Gasteiger partial charge is 0.389 e. The average molecular weight is 353 g/mol. The van der Waals surface area contributed by atoms with Crippen LogP contribution in [-0.4, -0.2) is 64.0 Å². The number of benzene rings is 1. The summed E-state index contributed by atoms with van der Waals surface area (Å²) in [6.07, 6.45) is 1.53. The van der Waals surface area contributed by atoms with Gasteiger partial charge in [-0.2, -0.15) is 0 Å². The second-order valence-electron chi connectivity index (χ2n) is 6.60. The molecule has 1 atom stereocenters. The Hall–Kier alpha value is -2.73. The lowest BCUT2D eigenvalue weighted by Crippen LogP contribution is -2.40. The Morgan fingerprint density at radius 1 is 1.23 bits per heavy atom. The highest BCUT2D eigenvalue weighted by Gasteiger charge is 2.29. The smallest absolute Gasteiger partial charge is 0.254 e. The number of aliphatic hydroxyl groups is 1. The molecule has 1 aliphatic rings. The number of aliphatic hydroxyl groups excluding tert-OH is 1. The van der Waals surface area contributed by atoms with Gasteiger partial charge in [-0.1, -0.05) is 30.3 Å². The summed E-state index contributed by atoms with van der Waals surface area (Å²) in [5.41, 5.74) is 2.36. The summed E-state index contributed by atoms with van der Waals surface area (Å²) in [6.45, 7) is 2.70. The van der Waals surface area contributed by atoms with Gasteiger partial charge in [0, 0.05) is 37.1 Å². The molecule has 1 aromatic carbocycles. The molecule has 0 aliphatic carbocycles. The number of hydrogen-bond donors (Lipinski definition) is 1. The molecule has 2 aromatic rings. The van der Waals surface area contributed by atoms with E-state index in [2.05, 4.69) is 4.98 Å². The van der Waals surface area contributed by atoms with E-state index in [1.54, 1.807) is 23.2 Å². The summed E-state index contributed by atoms with van der Waals surface area (Å²) in [4.78, 5) is 32.4. The third-order valence-corrected chi connectivity index (χ3v) is 4.49. The van der Waals surface area contributed by atoms with Crippen LogP contribution in [0.3, 0.4) is 0 Å². The van der Waals surface area contributed by atoms with E-state index in [0.29, 0.717) is 12.1 Å². The summed E-state index contributed by atoms with van der Waals surface area (Å²) in [6, 6.07) is 13.2. The number of β-amino-alcohol motifs (C(OH)–C–C–N with tert-alkyl or cyclic N) is 1. The summed E-state index contributed by atoms with van der Waals surface area (Å²) >= 11 is 0. The van der Waals surface area contributed by atoms with E-state index in [1.165, 1.54) is 4.90 Å². The Bertz CT molecular complexity index is 779. The normalized spacial score (nSPS) is 17.9. The van der Waals surface area contributed by atoms with Crippen LogP contribution >= 0.6 is 0 Å². The van der Waals surface area contributed by atoms with E-state index in [9.17, 15) is 14.7 Å². The Morgan fingerprint density at radius 2 is 2.00 bits per heavy atom. The van der Waals surface area contributed by atoms with Gasteiger partial charge in [0.1, 0.15) is 6.54 Å². The Balaban J connectivity index is 1.67. The highest BCUT2D eigenvalue weighted by molar-refractivity contribution is 5.96. The number of aromatic nitrogens is 1. The third kappa shape index (κ3) is 4.46. The van der Waals surface area contributed by atoms with Crippen molar-refractivity contribution in [2.45, 2.75) is 19.4 Å². The zero-order valence-electron chi connectivity index (χ0n) is 14.8. The van der Waals surface area contributed by atoms with Gasteiger partial charge in [0.15, 0.2) is 0 Å². The van der Waals surface area contributed by atoms with E-state index in [4.69, 9.17) is 0 Å². The van der Waals surface area contributed by atoms with E-state index in [-0.39, 0.29) is 31.4 Å². The fourth-order valence-electron chi connectivity index (χ4n) is 3.14. The molecule has 1 unspecified atom stereocenters. The topological polar surface area (TPSA) is 73.7 Å². The second-order valence-corrected chi connectivity index (χ2v) is 6.60. The van der Waals surface area contributed by atoms with Crippen LogP contribution in [0.4, 0.5) is 0 Å². The minimum Gasteiger partial charge on any atom is -0.389 e. The molecule has 1 fully saturated rings. The zero-order chi connectivity index (χ0) is 18.5. The Labute approximate surface area is 153 Å². The van der Waals surface area contributed by atoms with Crippen molar-refractivity contribution in [3.63, 3.8) is 0 Å². The molecular weight excluding hydrogens is 330 g/mol. The van der Waals surface area contributed by atoms with E-state index >= 15 is 0 Å². The van der Waals surface area contributed by atoms with E-state index < -0.39 is 6.10 Å². The molecule has 3 rings (SSSR count). The van der Waals surface area contributed by atoms with Crippen molar-refractivity contribution in [1.82, 2.24) is 14.8 Å². The molecule has 1 aromatic heterocycles. The van der Waals surface area contributed by atoms with Gasteiger partial charge in [0.2, 0.25) is 5.91 Å². The maximum atomic E-state index is 12.7. The van der Waals surface area contributed by atoms with Crippen molar-refractivity contribution in [2.24, 2.45) is 0 Å². The molecule has 136 valence electrons. The van der Waals surface area contributed by atoms with Gasteiger partial charge in [-0.05, 0) is 31.0 Å². The first-order chi connectivity index (χ1) is 12.5. The third-order valence-electron chi connectivity index (χ3n) is 4.49. The van der Waals surface area contributed by atoms with Crippen LogP contribution in [0.1, 0.15) is 21.6 Å². The van der Waals surface area contributed by atoms with Crippen LogP contribution in [0.5, 0.6) is 0 Å². The second kappa shape index (κ2) is 8.10. The first-order valence-corrected chi connectivity index (χ1v) is 8.74. The van der Waals surface area contributed by atoms with Crippen molar-refractivity contribution in [3.05, 3.63) is 65.5 Å². The van der Waals surface area contributed by atoms with Gasteiger partial charge >= 0.3 is 0 Å². The first-order valence-electron chi connectivity index (χ1n) is 8.74. The predicted molar refractivity (Wildman–Crippen MR) is 97.6 cm³/mol. The highest BCUT2D eigenvalue weighted by atomic mass is 16.3. The van der Waals surface area contributed by atoms with Crippen molar-refractivity contribution in [1.29, 1.82) is 0 Å².